The van der Waals surface area contributed by atoms with Crippen molar-refractivity contribution in [2.75, 3.05) is 13.7 Å². The number of nitrogens with one attached hydrogen (secondary N) is 1. The predicted molar refractivity (Wildman–Crippen MR) is 62.9 cm³/mol. The van der Waals surface area contributed by atoms with Crippen LogP contribution in [0.4, 0.5) is 0 Å². The molecule has 88 valence electrons. The van der Waals surface area contributed by atoms with Gasteiger partial charge in [-0.3, -0.25) is 0 Å². The Morgan fingerprint density at radius 3 is 2.73 bits per heavy atom. The first-order valence-corrected chi connectivity index (χ1v) is 6.47. The molecule has 0 aromatic rings. The maximum absolute atomic E-state index is 6.16. The van der Waals surface area contributed by atoms with Crippen LogP contribution in [0.1, 0.15) is 46.0 Å². The maximum atomic E-state index is 6.16. The Bertz CT molecular complexity index is 219. The molecular formula is C13H25NO. The van der Waals surface area contributed by atoms with Crippen molar-refractivity contribution in [3.63, 3.8) is 0 Å². The van der Waals surface area contributed by atoms with Crippen LogP contribution in [0.2, 0.25) is 0 Å². The van der Waals surface area contributed by atoms with Gasteiger partial charge in [0, 0.05) is 12.6 Å². The van der Waals surface area contributed by atoms with E-state index < -0.39 is 0 Å². The summed E-state index contributed by atoms with van der Waals surface area (Å²) in [5, 5.41) is 3.43. The topological polar surface area (TPSA) is 21.3 Å². The van der Waals surface area contributed by atoms with E-state index in [1.807, 2.05) is 0 Å². The monoisotopic (exact) mass is 211 g/mol. The molecule has 1 saturated carbocycles. The Kier molecular flexibility index (Phi) is 3.36. The van der Waals surface area contributed by atoms with Gasteiger partial charge in [-0.2, -0.15) is 0 Å². The number of hydrogen-bond donors (Lipinski definition) is 1. The summed E-state index contributed by atoms with van der Waals surface area (Å²) in [6, 6.07) is 0.676. The third-order valence-corrected chi connectivity index (χ3v) is 4.57. The summed E-state index contributed by atoms with van der Waals surface area (Å²) in [7, 11) is 2.08. The molecule has 0 amide bonds. The van der Waals surface area contributed by atoms with Gasteiger partial charge in [0.1, 0.15) is 0 Å². The summed E-state index contributed by atoms with van der Waals surface area (Å²) in [5.41, 5.74) is 0.207. The van der Waals surface area contributed by atoms with Crippen LogP contribution in [-0.4, -0.2) is 25.3 Å². The fraction of sp³-hybridized carbons (Fsp3) is 1.00. The van der Waals surface area contributed by atoms with Crippen molar-refractivity contribution in [1.29, 1.82) is 0 Å². The van der Waals surface area contributed by atoms with Gasteiger partial charge in [-0.1, -0.05) is 13.8 Å². The van der Waals surface area contributed by atoms with Gasteiger partial charge in [0.15, 0.2) is 0 Å². The smallest absolute Gasteiger partial charge is 0.0722 e. The minimum absolute atomic E-state index is 0.207. The van der Waals surface area contributed by atoms with Gasteiger partial charge < -0.3 is 10.1 Å². The van der Waals surface area contributed by atoms with Crippen molar-refractivity contribution >= 4 is 0 Å². The highest BCUT2D eigenvalue weighted by Crippen LogP contribution is 2.44. The second-order valence-electron chi connectivity index (χ2n) is 5.67. The first kappa shape index (κ1) is 11.4. The van der Waals surface area contributed by atoms with E-state index in [4.69, 9.17) is 4.74 Å². The Hall–Kier alpha value is -0.0800. The molecule has 2 heteroatoms. The van der Waals surface area contributed by atoms with Crippen molar-refractivity contribution in [2.24, 2.45) is 11.8 Å². The summed E-state index contributed by atoms with van der Waals surface area (Å²) in [6.07, 6.45) is 6.36. The van der Waals surface area contributed by atoms with E-state index in [2.05, 4.69) is 26.2 Å². The summed E-state index contributed by atoms with van der Waals surface area (Å²) in [6.45, 7) is 5.71. The van der Waals surface area contributed by atoms with E-state index in [-0.39, 0.29) is 5.60 Å². The normalized spacial score (nSPS) is 47.0. The molecule has 1 saturated heterocycles. The van der Waals surface area contributed by atoms with Gasteiger partial charge in [0.05, 0.1) is 5.60 Å². The number of hydrogen-bond acceptors (Lipinski definition) is 2. The third-order valence-electron chi connectivity index (χ3n) is 4.57. The molecule has 4 atom stereocenters. The minimum Gasteiger partial charge on any atom is -0.375 e. The minimum atomic E-state index is 0.207. The second-order valence-corrected chi connectivity index (χ2v) is 5.67. The van der Waals surface area contributed by atoms with Crippen molar-refractivity contribution in [2.45, 2.75) is 57.6 Å². The molecular weight excluding hydrogens is 186 g/mol. The van der Waals surface area contributed by atoms with Crippen LogP contribution < -0.4 is 5.32 Å². The van der Waals surface area contributed by atoms with E-state index in [9.17, 15) is 0 Å². The molecule has 0 radical (unpaired) electrons. The molecule has 2 fully saturated rings. The van der Waals surface area contributed by atoms with E-state index in [1.54, 1.807) is 0 Å². The van der Waals surface area contributed by atoms with Crippen LogP contribution in [0.15, 0.2) is 0 Å². The molecule has 2 nitrogen and oxygen atoms in total. The Morgan fingerprint density at radius 1 is 1.27 bits per heavy atom. The standard InChI is InChI=1S/C13H25NO/c1-10-4-6-13(11(2)8-10)9-12(14-3)5-7-15-13/h10-12,14H,4-9H2,1-3H3. The van der Waals surface area contributed by atoms with Crippen LogP contribution >= 0.6 is 0 Å². The fourth-order valence-electron chi connectivity index (χ4n) is 3.42. The van der Waals surface area contributed by atoms with Crippen molar-refractivity contribution in [1.82, 2.24) is 5.32 Å². The lowest BCUT2D eigenvalue weighted by Gasteiger charge is -2.49. The molecule has 1 aliphatic carbocycles. The largest absolute Gasteiger partial charge is 0.375 e. The SMILES string of the molecule is CNC1CCOC2(CCC(C)CC2C)C1. The molecule has 1 N–H and O–H groups in total. The van der Waals surface area contributed by atoms with E-state index in [0.717, 1.165) is 18.4 Å². The first-order chi connectivity index (χ1) is 7.16. The highest BCUT2D eigenvalue weighted by Gasteiger charge is 2.44. The number of ether oxygens (including phenoxy) is 1. The van der Waals surface area contributed by atoms with Gasteiger partial charge in [-0.05, 0) is 51.0 Å². The van der Waals surface area contributed by atoms with Crippen molar-refractivity contribution < 1.29 is 4.74 Å². The average molecular weight is 211 g/mol. The molecule has 2 rings (SSSR count). The summed E-state index contributed by atoms with van der Waals surface area (Å²) >= 11 is 0. The van der Waals surface area contributed by atoms with E-state index >= 15 is 0 Å². The summed E-state index contributed by atoms with van der Waals surface area (Å²) < 4.78 is 6.16. The summed E-state index contributed by atoms with van der Waals surface area (Å²) in [5.74, 6) is 1.63. The molecule has 1 aliphatic heterocycles. The lowest BCUT2D eigenvalue weighted by molar-refractivity contribution is -0.144. The van der Waals surface area contributed by atoms with Crippen molar-refractivity contribution in [3.05, 3.63) is 0 Å². The molecule has 4 unspecified atom stereocenters. The maximum Gasteiger partial charge on any atom is 0.0722 e. The second kappa shape index (κ2) is 4.42. The molecule has 15 heavy (non-hydrogen) atoms. The molecule has 1 spiro atoms. The lowest BCUT2D eigenvalue weighted by atomic mass is 9.68. The zero-order valence-corrected chi connectivity index (χ0v) is 10.4. The van der Waals surface area contributed by atoms with E-state index in [1.165, 1.54) is 32.1 Å². The zero-order valence-electron chi connectivity index (χ0n) is 10.4. The highest BCUT2D eigenvalue weighted by molar-refractivity contribution is 4.96. The summed E-state index contributed by atoms with van der Waals surface area (Å²) in [4.78, 5) is 0. The van der Waals surface area contributed by atoms with Crippen LogP contribution in [-0.2, 0) is 4.74 Å². The lowest BCUT2D eigenvalue weighted by Crippen LogP contribution is -2.52. The van der Waals surface area contributed by atoms with Gasteiger partial charge in [0.2, 0.25) is 0 Å². The van der Waals surface area contributed by atoms with Gasteiger partial charge >= 0.3 is 0 Å². The zero-order chi connectivity index (χ0) is 10.9. The van der Waals surface area contributed by atoms with Gasteiger partial charge in [-0.25, -0.2) is 0 Å². The first-order valence-electron chi connectivity index (χ1n) is 6.47. The predicted octanol–water partition coefficient (Wildman–Crippen LogP) is 2.58. The Labute approximate surface area is 93.8 Å². The number of rotatable bonds is 1. The molecule has 0 aromatic carbocycles. The fourth-order valence-corrected chi connectivity index (χ4v) is 3.42. The molecule has 0 aromatic heterocycles. The van der Waals surface area contributed by atoms with E-state index in [0.29, 0.717) is 6.04 Å². The van der Waals surface area contributed by atoms with Crippen LogP contribution in [0.5, 0.6) is 0 Å². The quantitative estimate of drug-likeness (QED) is 0.720. The average Bonchev–Trinajstić information content (AvgIpc) is 2.25. The molecule has 1 heterocycles. The molecule has 0 bridgehead atoms. The van der Waals surface area contributed by atoms with Crippen LogP contribution in [0, 0.1) is 11.8 Å². The third kappa shape index (κ3) is 2.21. The van der Waals surface area contributed by atoms with Gasteiger partial charge in [0.25, 0.3) is 0 Å². The van der Waals surface area contributed by atoms with Crippen molar-refractivity contribution in [3.8, 4) is 0 Å². The van der Waals surface area contributed by atoms with Crippen LogP contribution in [0.3, 0.4) is 0 Å². The highest BCUT2D eigenvalue weighted by atomic mass is 16.5. The Morgan fingerprint density at radius 2 is 2.07 bits per heavy atom. The van der Waals surface area contributed by atoms with Gasteiger partial charge in [-0.15, -0.1) is 0 Å². The molecule has 2 aliphatic rings. The van der Waals surface area contributed by atoms with Crippen LogP contribution in [0.25, 0.3) is 0 Å². The Balaban J connectivity index is 2.04.